The standard InChI is InChI=1S/C22H22ClN3O4S/c1-12-20-21(15-9-17(29-3)18(30-4)10-16(15)28-2)31-11-19(27)24-22(20)26(25-12)14-7-5-6-13(23)8-14/h5-10,21H,11H2,1-4H3,(H,24,27). The second-order valence-corrected chi connectivity index (χ2v) is 8.46. The summed E-state index contributed by atoms with van der Waals surface area (Å²) in [6, 6.07) is 11.0. The summed E-state index contributed by atoms with van der Waals surface area (Å²) in [6.45, 7) is 1.93. The SMILES string of the molecule is COc1cc(OC)c(C2SCC(=O)Nc3c2c(C)nn3-c2cccc(Cl)c2)cc1OC. The van der Waals surface area contributed by atoms with Gasteiger partial charge in [-0.05, 0) is 31.2 Å². The number of methoxy groups -OCH3 is 3. The van der Waals surface area contributed by atoms with Crippen LogP contribution >= 0.6 is 23.4 Å². The van der Waals surface area contributed by atoms with Crippen LogP contribution in [0.2, 0.25) is 5.02 Å². The number of nitrogens with zero attached hydrogens (tertiary/aromatic N) is 2. The van der Waals surface area contributed by atoms with E-state index in [1.165, 1.54) is 11.8 Å². The average Bonchev–Trinajstić information content (AvgIpc) is 2.98. The Labute approximate surface area is 189 Å². The molecule has 1 atom stereocenters. The topological polar surface area (TPSA) is 74.6 Å². The number of ether oxygens (including phenoxy) is 3. The first kappa shape index (κ1) is 21.4. The van der Waals surface area contributed by atoms with E-state index in [0.717, 1.165) is 22.5 Å². The molecule has 1 amide bonds. The molecule has 31 heavy (non-hydrogen) atoms. The maximum atomic E-state index is 12.6. The summed E-state index contributed by atoms with van der Waals surface area (Å²) in [5.74, 6) is 2.61. The fourth-order valence-corrected chi connectivity index (χ4v) is 5.07. The lowest BCUT2D eigenvalue weighted by molar-refractivity contribution is -0.113. The quantitative estimate of drug-likeness (QED) is 0.599. The van der Waals surface area contributed by atoms with Gasteiger partial charge in [-0.1, -0.05) is 17.7 Å². The predicted octanol–water partition coefficient (Wildman–Crippen LogP) is 4.63. The first-order valence-electron chi connectivity index (χ1n) is 9.53. The first-order chi connectivity index (χ1) is 15.0. The molecular weight excluding hydrogens is 438 g/mol. The number of hydrogen-bond acceptors (Lipinski definition) is 6. The van der Waals surface area contributed by atoms with Gasteiger partial charge in [0.25, 0.3) is 0 Å². The van der Waals surface area contributed by atoms with Crippen LogP contribution in [-0.2, 0) is 4.79 Å². The van der Waals surface area contributed by atoms with Gasteiger partial charge in [-0.15, -0.1) is 11.8 Å². The summed E-state index contributed by atoms with van der Waals surface area (Å²) in [5.41, 5.74) is 3.34. The maximum Gasteiger partial charge on any atom is 0.235 e. The van der Waals surface area contributed by atoms with Crippen LogP contribution in [0.4, 0.5) is 5.82 Å². The molecule has 0 fully saturated rings. The first-order valence-corrected chi connectivity index (χ1v) is 11.0. The third-order valence-corrected chi connectivity index (χ3v) is 6.57. The lowest BCUT2D eigenvalue weighted by Gasteiger charge is -2.20. The zero-order valence-electron chi connectivity index (χ0n) is 17.6. The van der Waals surface area contributed by atoms with Crippen LogP contribution in [-0.4, -0.2) is 42.8 Å². The monoisotopic (exact) mass is 459 g/mol. The molecule has 1 unspecified atom stereocenters. The Morgan fingerprint density at radius 2 is 1.81 bits per heavy atom. The highest BCUT2D eigenvalue weighted by Crippen LogP contribution is 2.49. The lowest BCUT2D eigenvalue weighted by atomic mass is 10.0. The van der Waals surface area contributed by atoms with E-state index < -0.39 is 0 Å². The largest absolute Gasteiger partial charge is 0.496 e. The number of hydrogen-bond donors (Lipinski definition) is 1. The van der Waals surface area contributed by atoms with Crippen molar-refractivity contribution in [1.29, 1.82) is 0 Å². The molecule has 7 nitrogen and oxygen atoms in total. The van der Waals surface area contributed by atoms with Crippen molar-refractivity contribution in [3.63, 3.8) is 0 Å². The average molecular weight is 460 g/mol. The number of fused-ring (bicyclic) bond motifs is 1. The summed E-state index contributed by atoms with van der Waals surface area (Å²) < 4.78 is 18.3. The lowest BCUT2D eigenvalue weighted by Crippen LogP contribution is -2.15. The van der Waals surface area contributed by atoms with Gasteiger partial charge in [-0.25, -0.2) is 4.68 Å². The Balaban J connectivity index is 1.93. The molecule has 1 aliphatic heterocycles. The second kappa shape index (κ2) is 8.72. The molecule has 1 N–H and O–H groups in total. The zero-order chi connectivity index (χ0) is 22.1. The molecule has 0 saturated heterocycles. The Kier molecular flexibility index (Phi) is 6.02. The molecule has 4 rings (SSSR count). The number of benzene rings is 2. The summed E-state index contributed by atoms with van der Waals surface area (Å²) in [4.78, 5) is 12.6. The van der Waals surface area contributed by atoms with E-state index in [0.29, 0.717) is 28.1 Å². The van der Waals surface area contributed by atoms with Crippen molar-refractivity contribution in [2.24, 2.45) is 0 Å². The Morgan fingerprint density at radius 1 is 1.10 bits per heavy atom. The van der Waals surface area contributed by atoms with Crippen LogP contribution in [0.5, 0.6) is 17.2 Å². The number of thioether (sulfide) groups is 1. The number of aromatic nitrogens is 2. The fourth-order valence-electron chi connectivity index (χ4n) is 3.68. The highest BCUT2D eigenvalue weighted by Gasteiger charge is 2.33. The van der Waals surface area contributed by atoms with Crippen molar-refractivity contribution in [1.82, 2.24) is 9.78 Å². The van der Waals surface area contributed by atoms with Crippen molar-refractivity contribution < 1.29 is 19.0 Å². The van der Waals surface area contributed by atoms with Gasteiger partial charge >= 0.3 is 0 Å². The minimum absolute atomic E-state index is 0.101. The van der Waals surface area contributed by atoms with E-state index >= 15 is 0 Å². The van der Waals surface area contributed by atoms with Gasteiger partial charge in [0, 0.05) is 22.2 Å². The molecule has 0 radical (unpaired) electrons. The van der Waals surface area contributed by atoms with Gasteiger partial charge in [0.05, 0.1) is 43.7 Å². The summed E-state index contributed by atoms with van der Waals surface area (Å²) in [7, 11) is 4.78. The van der Waals surface area contributed by atoms with Crippen molar-refractivity contribution >= 4 is 35.1 Å². The number of aryl methyl sites for hydroxylation is 1. The van der Waals surface area contributed by atoms with Gasteiger partial charge in [-0.2, -0.15) is 5.10 Å². The molecule has 9 heteroatoms. The van der Waals surface area contributed by atoms with Crippen LogP contribution in [0.3, 0.4) is 0 Å². The van der Waals surface area contributed by atoms with Crippen molar-refractivity contribution in [2.45, 2.75) is 12.2 Å². The third kappa shape index (κ3) is 3.93. The molecule has 1 aliphatic rings. The Hall–Kier alpha value is -2.84. The predicted molar refractivity (Wildman–Crippen MR) is 122 cm³/mol. The van der Waals surface area contributed by atoms with Gasteiger partial charge in [0.2, 0.25) is 5.91 Å². The van der Waals surface area contributed by atoms with E-state index in [1.807, 2.05) is 31.2 Å². The smallest absolute Gasteiger partial charge is 0.235 e. The molecule has 2 aromatic carbocycles. The number of anilines is 1. The van der Waals surface area contributed by atoms with Crippen LogP contribution in [0, 0.1) is 6.92 Å². The molecule has 0 aliphatic carbocycles. The summed E-state index contributed by atoms with van der Waals surface area (Å²) in [6.07, 6.45) is 0. The number of amides is 1. The van der Waals surface area contributed by atoms with Gasteiger partial charge in [0.1, 0.15) is 11.6 Å². The number of rotatable bonds is 5. The molecule has 1 aromatic heterocycles. The van der Waals surface area contributed by atoms with Crippen LogP contribution < -0.4 is 19.5 Å². The zero-order valence-corrected chi connectivity index (χ0v) is 19.1. The maximum absolute atomic E-state index is 12.6. The van der Waals surface area contributed by atoms with E-state index in [1.54, 1.807) is 38.1 Å². The van der Waals surface area contributed by atoms with E-state index in [-0.39, 0.29) is 16.9 Å². The molecule has 162 valence electrons. The fraction of sp³-hybridized carbons (Fsp3) is 0.273. The minimum atomic E-state index is -0.211. The normalized spacial score (nSPS) is 15.6. The highest BCUT2D eigenvalue weighted by molar-refractivity contribution is 8.00. The molecule has 0 bridgehead atoms. The molecule has 0 spiro atoms. The Bertz CT molecular complexity index is 1150. The van der Waals surface area contributed by atoms with Crippen LogP contribution in [0.15, 0.2) is 36.4 Å². The summed E-state index contributed by atoms with van der Waals surface area (Å²) >= 11 is 7.70. The Morgan fingerprint density at radius 3 is 2.48 bits per heavy atom. The van der Waals surface area contributed by atoms with E-state index in [9.17, 15) is 4.79 Å². The highest BCUT2D eigenvalue weighted by atomic mass is 35.5. The number of carbonyl (C=O) groups is 1. The second-order valence-electron chi connectivity index (χ2n) is 6.93. The van der Waals surface area contributed by atoms with E-state index in [4.69, 9.17) is 30.9 Å². The molecule has 2 heterocycles. The number of halogens is 1. The molecular formula is C22H22ClN3O4S. The molecule has 3 aromatic rings. The van der Waals surface area contributed by atoms with Gasteiger partial charge < -0.3 is 19.5 Å². The van der Waals surface area contributed by atoms with Crippen molar-refractivity contribution in [2.75, 3.05) is 32.4 Å². The van der Waals surface area contributed by atoms with E-state index in [2.05, 4.69) is 5.32 Å². The third-order valence-electron chi connectivity index (χ3n) is 5.08. The van der Waals surface area contributed by atoms with Gasteiger partial charge in [0.15, 0.2) is 11.5 Å². The van der Waals surface area contributed by atoms with Crippen molar-refractivity contribution in [3.05, 3.63) is 58.2 Å². The number of carbonyl (C=O) groups excluding carboxylic acids is 1. The van der Waals surface area contributed by atoms with Crippen LogP contribution in [0.1, 0.15) is 22.1 Å². The van der Waals surface area contributed by atoms with Gasteiger partial charge in [-0.3, -0.25) is 4.79 Å². The summed E-state index contributed by atoms with van der Waals surface area (Å²) in [5, 5.41) is 8.12. The number of nitrogens with one attached hydrogen (secondary N) is 1. The van der Waals surface area contributed by atoms with Crippen LogP contribution in [0.25, 0.3) is 5.69 Å². The molecule has 0 saturated carbocycles. The van der Waals surface area contributed by atoms with Crippen molar-refractivity contribution in [3.8, 4) is 22.9 Å². The minimum Gasteiger partial charge on any atom is -0.496 e.